The molecule has 0 aromatic heterocycles. The highest BCUT2D eigenvalue weighted by atomic mass is 19.1. The predicted octanol–water partition coefficient (Wildman–Crippen LogP) is 4.45. The van der Waals surface area contributed by atoms with Crippen molar-refractivity contribution in [3.63, 3.8) is 0 Å². The van der Waals surface area contributed by atoms with Crippen LogP contribution < -0.4 is 0 Å². The van der Waals surface area contributed by atoms with Gasteiger partial charge in [-0.2, -0.15) is 0 Å². The summed E-state index contributed by atoms with van der Waals surface area (Å²) in [6, 6.07) is 21.7. The Morgan fingerprint density at radius 2 is 1.53 bits per heavy atom. The van der Waals surface area contributed by atoms with Gasteiger partial charge in [0.1, 0.15) is 5.82 Å². The zero-order chi connectivity index (χ0) is 11.7. The first kappa shape index (κ1) is 10.0. The Bertz CT molecular complexity index is 654. The lowest BCUT2D eigenvalue weighted by Gasteiger charge is -2.03. The fourth-order valence-electron chi connectivity index (χ4n) is 1.95. The van der Waals surface area contributed by atoms with Gasteiger partial charge in [0, 0.05) is 0 Å². The fraction of sp³-hybridized carbons (Fsp3) is 0. The number of halogens is 1. The molecule has 3 aromatic carbocycles. The molecule has 0 N–H and O–H groups in total. The molecule has 0 atom stereocenters. The van der Waals surface area contributed by atoms with Gasteiger partial charge in [0.2, 0.25) is 0 Å². The highest BCUT2D eigenvalue weighted by Crippen LogP contribution is 2.24. The second kappa shape index (κ2) is 4.02. The number of fused-ring (bicyclic) bond motifs is 1. The first-order chi connectivity index (χ1) is 8.33. The van der Waals surface area contributed by atoms with Crippen molar-refractivity contribution in [3.05, 3.63) is 72.5 Å². The van der Waals surface area contributed by atoms with Crippen molar-refractivity contribution >= 4 is 10.8 Å². The molecule has 0 bridgehead atoms. The average Bonchev–Trinajstić information content (AvgIpc) is 2.39. The minimum atomic E-state index is -0.205. The summed E-state index contributed by atoms with van der Waals surface area (Å²) in [6.45, 7) is 0. The van der Waals surface area contributed by atoms with Crippen LogP contribution in [0, 0.1) is 11.9 Å². The largest absolute Gasteiger partial charge is 0.207 e. The van der Waals surface area contributed by atoms with E-state index in [2.05, 4.69) is 18.2 Å². The lowest BCUT2D eigenvalue weighted by atomic mass is 10.0. The van der Waals surface area contributed by atoms with E-state index in [0.717, 1.165) is 11.1 Å². The molecule has 3 rings (SSSR count). The van der Waals surface area contributed by atoms with Crippen LogP contribution in [0.25, 0.3) is 21.9 Å². The Hall–Kier alpha value is -2.15. The van der Waals surface area contributed by atoms with Crippen LogP contribution in [0.4, 0.5) is 4.39 Å². The minimum absolute atomic E-state index is 0.205. The first-order valence-electron chi connectivity index (χ1n) is 5.49. The van der Waals surface area contributed by atoms with Crippen LogP contribution in [0.3, 0.4) is 0 Å². The molecule has 0 aliphatic heterocycles. The predicted molar refractivity (Wildman–Crippen MR) is 68.2 cm³/mol. The number of rotatable bonds is 1. The Kier molecular flexibility index (Phi) is 2.37. The van der Waals surface area contributed by atoms with Gasteiger partial charge in [0.25, 0.3) is 0 Å². The van der Waals surface area contributed by atoms with Crippen LogP contribution in [0.15, 0.2) is 60.7 Å². The highest BCUT2D eigenvalue weighted by molar-refractivity contribution is 5.87. The summed E-state index contributed by atoms with van der Waals surface area (Å²) >= 11 is 0. The van der Waals surface area contributed by atoms with Gasteiger partial charge in [0.05, 0.1) is 0 Å². The summed E-state index contributed by atoms with van der Waals surface area (Å²) in [5, 5.41) is 2.34. The Morgan fingerprint density at radius 3 is 2.35 bits per heavy atom. The molecule has 0 aliphatic rings. The molecule has 17 heavy (non-hydrogen) atoms. The normalized spacial score (nSPS) is 10.6. The zero-order valence-electron chi connectivity index (χ0n) is 9.15. The molecule has 0 heterocycles. The third kappa shape index (κ3) is 1.92. The van der Waals surface area contributed by atoms with Gasteiger partial charge in [0.15, 0.2) is 0 Å². The molecule has 0 aliphatic carbocycles. The second-order valence-corrected chi connectivity index (χ2v) is 3.99. The van der Waals surface area contributed by atoms with E-state index in [1.807, 2.05) is 24.3 Å². The van der Waals surface area contributed by atoms with Crippen LogP contribution in [-0.2, 0) is 0 Å². The third-order valence-electron chi connectivity index (χ3n) is 2.86. The molecular weight excluding hydrogens is 211 g/mol. The van der Waals surface area contributed by atoms with Crippen molar-refractivity contribution in [3.8, 4) is 11.1 Å². The van der Waals surface area contributed by atoms with E-state index in [1.54, 1.807) is 12.1 Å². The summed E-state index contributed by atoms with van der Waals surface area (Å²) in [4.78, 5) is 0. The van der Waals surface area contributed by atoms with Gasteiger partial charge in [-0.25, -0.2) is 4.39 Å². The maximum atomic E-state index is 12.9. The zero-order valence-corrected chi connectivity index (χ0v) is 9.15. The van der Waals surface area contributed by atoms with E-state index in [9.17, 15) is 4.39 Å². The molecule has 0 spiro atoms. The van der Waals surface area contributed by atoms with Gasteiger partial charge in [-0.3, -0.25) is 0 Å². The van der Waals surface area contributed by atoms with Gasteiger partial charge in [-0.15, -0.1) is 0 Å². The molecule has 1 radical (unpaired) electrons. The SMILES string of the molecule is Fc1ccc(-c2ccc3c[c]ccc3c2)cc1. The Labute approximate surface area is 99.3 Å². The molecule has 0 fully saturated rings. The second-order valence-electron chi connectivity index (χ2n) is 3.99. The quantitative estimate of drug-likeness (QED) is 0.569. The lowest BCUT2D eigenvalue weighted by molar-refractivity contribution is 0.628. The topological polar surface area (TPSA) is 0 Å². The summed E-state index contributed by atoms with van der Waals surface area (Å²) in [5.41, 5.74) is 2.13. The molecule has 0 saturated carbocycles. The van der Waals surface area contributed by atoms with E-state index in [0.29, 0.717) is 0 Å². The first-order valence-corrected chi connectivity index (χ1v) is 5.49. The number of hydrogen-bond donors (Lipinski definition) is 0. The Morgan fingerprint density at radius 1 is 0.765 bits per heavy atom. The molecule has 81 valence electrons. The molecular formula is C16H10F. The van der Waals surface area contributed by atoms with Crippen LogP contribution >= 0.6 is 0 Å². The molecule has 3 aromatic rings. The van der Waals surface area contributed by atoms with Crippen molar-refractivity contribution in [2.24, 2.45) is 0 Å². The molecule has 0 nitrogen and oxygen atoms in total. The maximum Gasteiger partial charge on any atom is 0.123 e. The molecule has 0 amide bonds. The lowest BCUT2D eigenvalue weighted by Crippen LogP contribution is -1.80. The Balaban J connectivity index is 2.14. The van der Waals surface area contributed by atoms with Crippen LogP contribution in [-0.4, -0.2) is 0 Å². The van der Waals surface area contributed by atoms with Gasteiger partial charge >= 0.3 is 0 Å². The van der Waals surface area contributed by atoms with E-state index in [-0.39, 0.29) is 5.82 Å². The third-order valence-corrected chi connectivity index (χ3v) is 2.86. The molecule has 1 heteroatoms. The van der Waals surface area contributed by atoms with Crippen molar-refractivity contribution < 1.29 is 4.39 Å². The molecule has 0 saturated heterocycles. The van der Waals surface area contributed by atoms with E-state index < -0.39 is 0 Å². The highest BCUT2D eigenvalue weighted by Gasteiger charge is 1.99. The summed E-state index contributed by atoms with van der Waals surface area (Å²) in [5.74, 6) is -0.205. The minimum Gasteiger partial charge on any atom is -0.207 e. The van der Waals surface area contributed by atoms with Gasteiger partial charge < -0.3 is 0 Å². The van der Waals surface area contributed by atoms with Crippen LogP contribution in [0.2, 0.25) is 0 Å². The summed E-state index contributed by atoms with van der Waals surface area (Å²) in [6.07, 6.45) is 0. The van der Waals surface area contributed by atoms with E-state index in [1.165, 1.54) is 22.9 Å². The van der Waals surface area contributed by atoms with Crippen molar-refractivity contribution in [1.29, 1.82) is 0 Å². The van der Waals surface area contributed by atoms with Crippen molar-refractivity contribution in [2.45, 2.75) is 0 Å². The summed E-state index contributed by atoms with van der Waals surface area (Å²) in [7, 11) is 0. The van der Waals surface area contributed by atoms with E-state index >= 15 is 0 Å². The van der Waals surface area contributed by atoms with Gasteiger partial charge in [-0.05, 0) is 52.2 Å². The fourth-order valence-corrected chi connectivity index (χ4v) is 1.95. The van der Waals surface area contributed by atoms with Crippen LogP contribution in [0.1, 0.15) is 0 Å². The van der Waals surface area contributed by atoms with Crippen molar-refractivity contribution in [2.75, 3.05) is 0 Å². The summed E-state index contributed by atoms with van der Waals surface area (Å²) < 4.78 is 12.9. The average molecular weight is 221 g/mol. The smallest absolute Gasteiger partial charge is 0.123 e. The standard InChI is InChI=1S/C16H10F/c17-16-9-7-13(8-10-16)15-6-5-12-3-1-2-4-14(12)11-15/h2-11H. The molecule has 0 unspecified atom stereocenters. The van der Waals surface area contributed by atoms with Crippen LogP contribution in [0.5, 0.6) is 0 Å². The van der Waals surface area contributed by atoms with E-state index in [4.69, 9.17) is 0 Å². The maximum absolute atomic E-state index is 12.9. The number of benzene rings is 3. The van der Waals surface area contributed by atoms with Crippen molar-refractivity contribution in [1.82, 2.24) is 0 Å². The monoisotopic (exact) mass is 221 g/mol. The van der Waals surface area contributed by atoms with Gasteiger partial charge in [-0.1, -0.05) is 36.4 Å². The number of hydrogen-bond acceptors (Lipinski definition) is 0.